The topological polar surface area (TPSA) is 61.8 Å². The third kappa shape index (κ3) is 4.77. The highest BCUT2D eigenvalue weighted by atomic mass is 19.3. The Labute approximate surface area is 136 Å². The van der Waals surface area contributed by atoms with E-state index in [1.54, 1.807) is 12.1 Å². The van der Waals surface area contributed by atoms with Gasteiger partial charge < -0.3 is 14.2 Å². The standard InChI is InChI=1S/C17H14F2O5/c1-22-16(21)12-4-6-13(7-5-12)23-10-15(20)11-2-8-14(9-3-11)24-17(18)19/h2-9,17H,10H2,1H3. The summed E-state index contributed by atoms with van der Waals surface area (Å²) in [5.74, 6) is -0.408. The molecular weight excluding hydrogens is 322 g/mol. The molecular formula is C17H14F2O5. The first-order valence-corrected chi connectivity index (χ1v) is 6.89. The van der Waals surface area contributed by atoms with Crippen LogP contribution in [-0.2, 0) is 4.74 Å². The molecule has 2 aromatic carbocycles. The molecule has 0 spiro atoms. The maximum absolute atomic E-state index is 12.1. The highest BCUT2D eigenvalue weighted by Gasteiger charge is 2.10. The molecule has 24 heavy (non-hydrogen) atoms. The molecule has 0 aliphatic rings. The van der Waals surface area contributed by atoms with Gasteiger partial charge in [-0.3, -0.25) is 4.79 Å². The SMILES string of the molecule is COC(=O)c1ccc(OCC(=O)c2ccc(OC(F)F)cc2)cc1. The van der Waals surface area contributed by atoms with Gasteiger partial charge in [0.05, 0.1) is 12.7 Å². The molecule has 0 saturated carbocycles. The van der Waals surface area contributed by atoms with Crippen molar-refractivity contribution in [3.8, 4) is 11.5 Å². The number of rotatable bonds is 7. The molecule has 0 aliphatic carbocycles. The number of ether oxygens (including phenoxy) is 3. The maximum Gasteiger partial charge on any atom is 0.387 e. The molecule has 0 radical (unpaired) electrons. The fourth-order valence-electron chi connectivity index (χ4n) is 1.86. The van der Waals surface area contributed by atoms with E-state index < -0.39 is 12.6 Å². The molecule has 2 rings (SSSR count). The summed E-state index contributed by atoms with van der Waals surface area (Å²) in [5.41, 5.74) is 0.675. The predicted molar refractivity (Wildman–Crippen MR) is 80.7 cm³/mol. The Kier molecular flexibility index (Phi) is 5.83. The quantitative estimate of drug-likeness (QED) is 0.573. The zero-order chi connectivity index (χ0) is 17.5. The second-order valence-corrected chi connectivity index (χ2v) is 4.63. The van der Waals surface area contributed by atoms with Crippen LogP contribution in [-0.4, -0.2) is 32.1 Å². The van der Waals surface area contributed by atoms with E-state index in [4.69, 9.17) is 4.74 Å². The fourth-order valence-corrected chi connectivity index (χ4v) is 1.86. The first-order valence-electron chi connectivity index (χ1n) is 6.89. The normalized spacial score (nSPS) is 10.3. The van der Waals surface area contributed by atoms with Gasteiger partial charge in [0.2, 0.25) is 0 Å². The van der Waals surface area contributed by atoms with E-state index in [-0.39, 0.29) is 18.1 Å². The summed E-state index contributed by atoms with van der Waals surface area (Å²) in [5, 5.41) is 0. The Morgan fingerprint density at radius 3 is 2.00 bits per heavy atom. The molecule has 0 N–H and O–H groups in total. The molecule has 5 nitrogen and oxygen atoms in total. The molecule has 0 amide bonds. The number of carbonyl (C=O) groups excluding carboxylic acids is 2. The van der Waals surface area contributed by atoms with Gasteiger partial charge in [0.1, 0.15) is 11.5 Å². The Morgan fingerprint density at radius 2 is 1.46 bits per heavy atom. The number of carbonyl (C=O) groups is 2. The second kappa shape index (κ2) is 8.05. The van der Waals surface area contributed by atoms with Crippen molar-refractivity contribution in [2.75, 3.05) is 13.7 Å². The minimum atomic E-state index is -2.91. The number of esters is 1. The van der Waals surface area contributed by atoms with Crippen molar-refractivity contribution in [2.24, 2.45) is 0 Å². The molecule has 0 aliphatic heterocycles. The van der Waals surface area contributed by atoms with E-state index in [0.29, 0.717) is 16.9 Å². The number of methoxy groups -OCH3 is 1. The van der Waals surface area contributed by atoms with E-state index in [9.17, 15) is 18.4 Å². The van der Waals surface area contributed by atoms with Gasteiger partial charge in [-0.1, -0.05) is 0 Å². The highest BCUT2D eigenvalue weighted by molar-refractivity contribution is 5.97. The Bertz CT molecular complexity index is 696. The molecule has 0 saturated heterocycles. The first-order chi connectivity index (χ1) is 11.5. The van der Waals surface area contributed by atoms with Crippen LogP contribution in [0.3, 0.4) is 0 Å². The molecule has 0 unspecified atom stereocenters. The average molecular weight is 336 g/mol. The van der Waals surface area contributed by atoms with Crippen LogP contribution in [0.5, 0.6) is 11.5 Å². The molecule has 0 fully saturated rings. The Hall–Kier alpha value is -2.96. The lowest BCUT2D eigenvalue weighted by molar-refractivity contribution is -0.0498. The van der Waals surface area contributed by atoms with Gasteiger partial charge in [0.25, 0.3) is 0 Å². The minimum Gasteiger partial charge on any atom is -0.485 e. The summed E-state index contributed by atoms with van der Waals surface area (Å²) in [7, 11) is 1.28. The van der Waals surface area contributed by atoms with Crippen molar-refractivity contribution < 1.29 is 32.6 Å². The summed E-state index contributed by atoms with van der Waals surface area (Å²) >= 11 is 0. The van der Waals surface area contributed by atoms with Gasteiger partial charge in [0.15, 0.2) is 12.4 Å². The average Bonchev–Trinajstić information content (AvgIpc) is 2.59. The zero-order valence-electron chi connectivity index (χ0n) is 12.7. The number of hydrogen-bond acceptors (Lipinski definition) is 5. The van der Waals surface area contributed by atoms with Gasteiger partial charge in [0, 0.05) is 5.56 Å². The summed E-state index contributed by atoms with van der Waals surface area (Å²) < 4.78 is 38.2. The van der Waals surface area contributed by atoms with E-state index >= 15 is 0 Å². The Morgan fingerprint density at radius 1 is 0.917 bits per heavy atom. The molecule has 0 bridgehead atoms. The first kappa shape index (κ1) is 17.4. The van der Waals surface area contributed by atoms with Gasteiger partial charge >= 0.3 is 12.6 Å². The van der Waals surface area contributed by atoms with E-state index in [2.05, 4.69) is 9.47 Å². The third-order valence-electron chi connectivity index (χ3n) is 3.05. The number of ketones is 1. The number of hydrogen-bond donors (Lipinski definition) is 0. The lowest BCUT2D eigenvalue weighted by atomic mass is 10.1. The smallest absolute Gasteiger partial charge is 0.387 e. The van der Waals surface area contributed by atoms with Crippen LogP contribution in [0.15, 0.2) is 48.5 Å². The molecule has 126 valence electrons. The zero-order valence-corrected chi connectivity index (χ0v) is 12.7. The summed E-state index contributed by atoms with van der Waals surface area (Å²) in [6, 6.07) is 11.4. The minimum absolute atomic E-state index is 0.0270. The van der Waals surface area contributed by atoms with Gasteiger partial charge in [-0.2, -0.15) is 8.78 Å². The van der Waals surface area contributed by atoms with Gasteiger partial charge in [-0.25, -0.2) is 4.79 Å². The van der Waals surface area contributed by atoms with Crippen LogP contribution in [0.2, 0.25) is 0 Å². The van der Waals surface area contributed by atoms with Crippen LogP contribution in [0.1, 0.15) is 20.7 Å². The van der Waals surface area contributed by atoms with E-state index in [0.717, 1.165) is 0 Å². The molecule has 7 heteroatoms. The van der Waals surface area contributed by atoms with Crippen molar-refractivity contribution in [3.05, 3.63) is 59.7 Å². The summed E-state index contributed by atoms with van der Waals surface area (Å²) in [6.07, 6.45) is 0. The lowest BCUT2D eigenvalue weighted by Crippen LogP contribution is -2.12. The second-order valence-electron chi connectivity index (χ2n) is 4.63. The summed E-state index contributed by atoms with van der Waals surface area (Å²) in [4.78, 5) is 23.3. The lowest BCUT2D eigenvalue weighted by Gasteiger charge is -2.07. The van der Waals surface area contributed by atoms with Gasteiger partial charge in [-0.05, 0) is 48.5 Å². The van der Waals surface area contributed by atoms with Crippen molar-refractivity contribution >= 4 is 11.8 Å². The Balaban J connectivity index is 1.91. The van der Waals surface area contributed by atoms with Crippen LogP contribution in [0, 0.1) is 0 Å². The number of halogens is 2. The number of alkyl halides is 2. The van der Waals surface area contributed by atoms with Crippen molar-refractivity contribution in [3.63, 3.8) is 0 Å². The maximum atomic E-state index is 12.1. The van der Waals surface area contributed by atoms with E-state index in [1.807, 2.05) is 0 Å². The van der Waals surface area contributed by atoms with Crippen molar-refractivity contribution in [2.45, 2.75) is 6.61 Å². The molecule has 0 aromatic heterocycles. The predicted octanol–water partition coefficient (Wildman–Crippen LogP) is 3.34. The molecule has 0 heterocycles. The fraction of sp³-hybridized carbons (Fsp3) is 0.176. The van der Waals surface area contributed by atoms with Crippen LogP contribution in [0.4, 0.5) is 8.78 Å². The number of Topliss-reactive ketones (excluding diaryl/α,β-unsaturated/α-hetero) is 1. The monoisotopic (exact) mass is 336 g/mol. The van der Waals surface area contributed by atoms with Crippen LogP contribution in [0.25, 0.3) is 0 Å². The third-order valence-corrected chi connectivity index (χ3v) is 3.05. The highest BCUT2D eigenvalue weighted by Crippen LogP contribution is 2.16. The molecule has 2 aromatic rings. The largest absolute Gasteiger partial charge is 0.485 e. The van der Waals surface area contributed by atoms with Gasteiger partial charge in [-0.15, -0.1) is 0 Å². The van der Waals surface area contributed by atoms with Crippen LogP contribution < -0.4 is 9.47 Å². The summed E-state index contributed by atoms with van der Waals surface area (Å²) in [6.45, 7) is -3.14. The molecule has 0 atom stereocenters. The number of benzene rings is 2. The van der Waals surface area contributed by atoms with E-state index in [1.165, 1.54) is 43.5 Å². The van der Waals surface area contributed by atoms with Crippen molar-refractivity contribution in [1.29, 1.82) is 0 Å². The van der Waals surface area contributed by atoms with Crippen LogP contribution >= 0.6 is 0 Å². The van der Waals surface area contributed by atoms with Crippen molar-refractivity contribution in [1.82, 2.24) is 0 Å².